The zero-order chi connectivity index (χ0) is 26.1. The number of rotatable bonds is 7. The van der Waals surface area contributed by atoms with Crippen molar-refractivity contribution >= 4 is 32.6 Å². The molecule has 0 aliphatic rings. The van der Waals surface area contributed by atoms with E-state index in [0.717, 1.165) is 21.8 Å². The summed E-state index contributed by atoms with van der Waals surface area (Å²) in [7, 11) is -4.28. The third-order valence-electron chi connectivity index (χ3n) is 5.33. The number of halogens is 3. The number of carbonyl (C=O) groups is 1. The summed E-state index contributed by atoms with van der Waals surface area (Å²) < 4.78 is 69.8. The van der Waals surface area contributed by atoms with Gasteiger partial charge in [0.25, 0.3) is 10.0 Å². The summed E-state index contributed by atoms with van der Waals surface area (Å²) in [6.45, 7) is 1.41. The second-order valence-corrected chi connectivity index (χ2v) is 9.57. The van der Waals surface area contributed by atoms with E-state index in [9.17, 15) is 26.4 Å². The number of hydrogen-bond donors (Lipinski definition) is 1. The maximum atomic E-state index is 13.7. The molecule has 186 valence electrons. The molecule has 36 heavy (non-hydrogen) atoms. The Kier molecular flexibility index (Phi) is 6.55. The summed E-state index contributed by atoms with van der Waals surface area (Å²) in [6.07, 6.45) is -0.216. The Morgan fingerprint density at radius 2 is 1.69 bits per heavy atom. The highest BCUT2D eigenvalue weighted by Crippen LogP contribution is 2.31. The van der Waals surface area contributed by atoms with Gasteiger partial charge in [0.05, 0.1) is 17.0 Å². The zero-order valence-corrected chi connectivity index (χ0v) is 19.4. The predicted molar refractivity (Wildman–Crippen MR) is 124 cm³/mol. The average Bonchev–Trinajstić information content (AvgIpc) is 2.83. The van der Waals surface area contributed by atoms with Crippen molar-refractivity contribution in [2.75, 3.05) is 4.31 Å². The third-order valence-corrected chi connectivity index (χ3v) is 7.08. The van der Waals surface area contributed by atoms with Crippen LogP contribution in [0.25, 0.3) is 10.8 Å². The third kappa shape index (κ3) is 5.23. The van der Waals surface area contributed by atoms with Crippen molar-refractivity contribution in [2.24, 2.45) is 0 Å². The molecule has 0 atom stereocenters. The normalized spacial score (nSPS) is 11.9. The van der Waals surface area contributed by atoms with Crippen LogP contribution in [0.5, 0.6) is 5.75 Å². The highest BCUT2D eigenvalue weighted by molar-refractivity contribution is 7.92. The number of ether oxygens (including phenoxy) is 1. The standard InChI is InChI=1S/C24H18F3N3O5S/c1-15-21-13-28-11-10-18(21)12-29-22(15)30(14-16-2-6-19(7-3-16)35-24(25,26)27)36(33,34)20-8-4-17(5-9-20)23(31)32/h2-13H,14H2,1H3,(H,31,32). The van der Waals surface area contributed by atoms with Gasteiger partial charge in [-0.05, 0) is 55.0 Å². The monoisotopic (exact) mass is 517 g/mol. The van der Waals surface area contributed by atoms with Crippen molar-refractivity contribution < 1.29 is 36.2 Å². The number of nitrogens with zero attached hydrogens (tertiary/aromatic N) is 3. The van der Waals surface area contributed by atoms with Crippen molar-refractivity contribution in [1.29, 1.82) is 0 Å². The SMILES string of the molecule is Cc1c(N(Cc2ccc(OC(F)(F)F)cc2)S(=O)(=O)c2ccc(C(=O)O)cc2)ncc2ccncc12. The molecule has 4 aromatic rings. The molecular weight excluding hydrogens is 499 g/mol. The van der Waals surface area contributed by atoms with Crippen LogP contribution in [-0.2, 0) is 16.6 Å². The van der Waals surface area contributed by atoms with Crippen LogP contribution in [0.1, 0.15) is 21.5 Å². The molecule has 0 aliphatic carbocycles. The highest BCUT2D eigenvalue weighted by atomic mass is 32.2. The quantitative estimate of drug-likeness (QED) is 0.370. The Balaban J connectivity index is 1.79. The summed E-state index contributed by atoms with van der Waals surface area (Å²) in [4.78, 5) is 19.4. The topological polar surface area (TPSA) is 110 Å². The lowest BCUT2D eigenvalue weighted by Crippen LogP contribution is -2.32. The number of aromatic carboxylic acids is 1. The van der Waals surface area contributed by atoms with Crippen LogP contribution < -0.4 is 9.04 Å². The van der Waals surface area contributed by atoms with Crippen LogP contribution in [-0.4, -0.2) is 35.8 Å². The van der Waals surface area contributed by atoms with Crippen LogP contribution >= 0.6 is 0 Å². The van der Waals surface area contributed by atoms with E-state index >= 15 is 0 Å². The minimum Gasteiger partial charge on any atom is -0.478 e. The molecule has 0 saturated carbocycles. The number of carboxylic acid groups (broad SMARTS) is 1. The highest BCUT2D eigenvalue weighted by Gasteiger charge is 2.31. The smallest absolute Gasteiger partial charge is 0.478 e. The minimum atomic E-state index is -4.86. The molecule has 0 amide bonds. The maximum Gasteiger partial charge on any atom is 0.573 e. The van der Waals surface area contributed by atoms with Crippen molar-refractivity contribution in [3.8, 4) is 5.75 Å². The molecule has 2 aromatic heterocycles. The van der Waals surface area contributed by atoms with Gasteiger partial charge in [-0.25, -0.2) is 22.5 Å². The van der Waals surface area contributed by atoms with Gasteiger partial charge >= 0.3 is 12.3 Å². The van der Waals surface area contributed by atoms with Crippen LogP contribution in [0.2, 0.25) is 0 Å². The maximum absolute atomic E-state index is 13.7. The van der Waals surface area contributed by atoms with Gasteiger partial charge in [-0.15, -0.1) is 13.2 Å². The molecule has 12 heteroatoms. The van der Waals surface area contributed by atoms with Crippen molar-refractivity contribution in [3.63, 3.8) is 0 Å². The molecule has 4 rings (SSSR count). The molecule has 2 heterocycles. The number of anilines is 1. The molecule has 0 spiro atoms. The summed E-state index contributed by atoms with van der Waals surface area (Å²) in [5.41, 5.74) is 0.790. The number of fused-ring (bicyclic) bond motifs is 1. The van der Waals surface area contributed by atoms with Crippen LogP contribution in [0.15, 0.2) is 78.1 Å². The molecule has 0 aliphatic heterocycles. The van der Waals surface area contributed by atoms with Crippen LogP contribution in [0, 0.1) is 6.92 Å². The van der Waals surface area contributed by atoms with E-state index in [0.29, 0.717) is 16.5 Å². The molecule has 1 N–H and O–H groups in total. The minimum absolute atomic E-state index is 0.0909. The van der Waals surface area contributed by atoms with E-state index in [4.69, 9.17) is 5.11 Å². The number of aryl methyl sites for hydroxylation is 1. The summed E-state index contributed by atoms with van der Waals surface area (Å²) in [6, 6.07) is 11.2. The van der Waals surface area contributed by atoms with Gasteiger partial charge < -0.3 is 9.84 Å². The fraction of sp³-hybridized carbons (Fsp3) is 0.125. The van der Waals surface area contributed by atoms with Crippen LogP contribution in [0.4, 0.5) is 19.0 Å². The van der Waals surface area contributed by atoms with Gasteiger partial charge in [-0.1, -0.05) is 12.1 Å². The largest absolute Gasteiger partial charge is 0.573 e. The molecule has 0 saturated heterocycles. The first-order chi connectivity index (χ1) is 17.0. The summed E-state index contributed by atoms with van der Waals surface area (Å²) >= 11 is 0. The molecule has 0 bridgehead atoms. The zero-order valence-electron chi connectivity index (χ0n) is 18.6. The molecule has 2 aromatic carbocycles. The lowest BCUT2D eigenvalue weighted by Gasteiger charge is -2.26. The van der Waals surface area contributed by atoms with E-state index in [-0.39, 0.29) is 22.8 Å². The fourth-order valence-electron chi connectivity index (χ4n) is 3.56. The van der Waals surface area contributed by atoms with Gasteiger partial charge in [0.15, 0.2) is 0 Å². The second-order valence-electron chi connectivity index (χ2n) is 7.70. The van der Waals surface area contributed by atoms with Crippen molar-refractivity contribution in [1.82, 2.24) is 9.97 Å². The first kappa shape index (κ1) is 24.9. The number of sulfonamides is 1. The van der Waals surface area contributed by atoms with E-state index in [2.05, 4.69) is 14.7 Å². The summed E-state index contributed by atoms with van der Waals surface area (Å²) in [5.74, 6) is -1.57. The van der Waals surface area contributed by atoms with E-state index in [1.807, 2.05) is 0 Å². The van der Waals surface area contributed by atoms with Gasteiger partial charge in [0, 0.05) is 34.9 Å². The van der Waals surface area contributed by atoms with Gasteiger partial charge in [-0.2, -0.15) is 0 Å². The molecule has 0 fully saturated rings. The number of pyridine rings is 2. The van der Waals surface area contributed by atoms with Gasteiger partial charge in [0.1, 0.15) is 11.6 Å². The second kappa shape index (κ2) is 9.46. The lowest BCUT2D eigenvalue weighted by molar-refractivity contribution is -0.274. The number of aromatic nitrogens is 2. The summed E-state index contributed by atoms with van der Waals surface area (Å²) in [5, 5.41) is 10.5. The fourth-order valence-corrected chi connectivity index (χ4v) is 5.03. The molecular formula is C24H18F3N3O5S. The molecule has 0 radical (unpaired) electrons. The lowest BCUT2D eigenvalue weighted by atomic mass is 10.1. The number of carboxylic acids is 1. The Morgan fingerprint density at radius 1 is 1.03 bits per heavy atom. The number of benzene rings is 2. The van der Waals surface area contributed by atoms with Gasteiger partial charge in [-0.3, -0.25) is 4.98 Å². The molecule has 0 unspecified atom stereocenters. The van der Waals surface area contributed by atoms with E-state index < -0.39 is 28.1 Å². The Hall–Kier alpha value is -4.19. The van der Waals surface area contributed by atoms with Gasteiger partial charge in [0.2, 0.25) is 0 Å². The Labute approximate surface area is 203 Å². The molecule has 8 nitrogen and oxygen atoms in total. The number of hydrogen-bond acceptors (Lipinski definition) is 6. The number of alkyl halides is 3. The first-order valence-corrected chi connectivity index (χ1v) is 11.8. The first-order valence-electron chi connectivity index (χ1n) is 10.4. The van der Waals surface area contributed by atoms with Crippen LogP contribution in [0.3, 0.4) is 0 Å². The van der Waals surface area contributed by atoms with E-state index in [1.165, 1.54) is 42.6 Å². The Bertz CT molecular complexity index is 1520. The average molecular weight is 517 g/mol. The Morgan fingerprint density at radius 3 is 2.31 bits per heavy atom. The van der Waals surface area contributed by atoms with Crippen molar-refractivity contribution in [3.05, 3.63) is 89.9 Å². The predicted octanol–water partition coefficient (Wildman–Crippen LogP) is 4.93. The van der Waals surface area contributed by atoms with E-state index in [1.54, 1.807) is 25.4 Å². The van der Waals surface area contributed by atoms with Crippen molar-refractivity contribution in [2.45, 2.75) is 24.7 Å².